The molecule has 0 spiro atoms. The maximum absolute atomic E-state index is 4.06. The number of rotatable bonds is 0. The SMILES string of the molecule is C1=NN=C1n1c2ccccc2c2ccccc21. The number of aromatic nitrogens is 1. The highest BCUT2D eigenvalue weighted by Gasteiger charge is 2.14. The van der Waals surface area contributed by atoms with Crippen molar-refractivity contribution >= 4 is 33.9 Å². The minimum atomic E-state index is 0.905. The molecule has 17 heavy (non-hydrogen) atoms. The van der Waals surface area contributed by atoms with Gasteiger partial charge in [-0.05, 0) is 12.1 Å². The van der Waals surface area contributed by atoms with Gasteiger partial charge in [-0.25, -0.2) is 0 Å². The van der Waals surface area contributed by atoms with Crippen LogP contribution in [0.15, 0.2) is 58.7 Å². The van der Waals surface area contributed by atoms with Crippen LogP contribution >= 0.6 is 0 Å². The van der Waals surface area contributed by atoms with Gasteiger partial charge >= 0.3 is 0 Å². The third kappa shape index (κ3) is 1.05. The molecule has 0 saturated carbocycles. The molecule has 1 aliphatic heterocycles. The topological polar surface area (TPSA) is 29.6 Å². The first-order valence-electron chi connectivity index (χ1n) is 5.55. The molecule has 0 amide bonds. The van der Waals surface area contributed by atoms with Crippen LogP contribution in [0.4, 0.5) is 0 Å². The molecule has 80 valence electrons. The van der Waals surface area contributed by atoms with Gasteiger partial charge in [0.2, 0.25) is 0 Å². The lowest BCUT2D eigenvalue weighted by Gasteiger charge is -2.08. The van der Waals surface area contributed by atoms with E-state index in [0.717, 1.165) is 5.84 Å². The molecule has 3 aromatic rings. The molecular weight excluding hydrogens is 210 g/mol. The van der Waals surface area contributed by atoms with Gasteiger partial charge in [0.1, 0.15) is 0 Å². The molecule has 0 N–H and O–H groups in total. The van der Waals surface area contributed by atoms with E-state index in [-0.39, 0.29) is 0 Å². The summed E-state index contributed by atoms with van der Waals surface area (Å²) in [6.07, 6.45) is 1.79. The zero-order valence-corrected chi connectivity index (χ0v) is 9.04. The highest BCUT2D eigenvalue weighted by atomic mass is 15.3. The molecule has 4 rings (SSSR count). The van der Waals surface area contributed by atoms with E-state index >= 15 is 0 Å². The third-order valence-corrected chi connectivity index (χ3v) is 3.14. The highest BCUT2D eigenvalue weighted by Crippen LogP contribution is 2.28. The molecule has 2 heterocycles. The summed E-state index contributed by atoms with van der Waals surface area (Å²) in [7, 11) is 0. The van der Waals surface area contributed by atoms with Gasteiger partial charge in [-0.3, -0.25) is 4.57 Å². The van der Waals surface area contributed by atoms with Crippen LogP contribution in [0.5, 0.6) is 0 Å². The van der Waals surface area contributed by atoms with E-state index < -0.39 is 0 Å². The first-order valence-corrected chi connectivity index (χ1v) is 5.55. The van der Waals surface area contributed by atoms with Crippen molar-refractivity contribution in [3.8, 4) is 0 Å². The Kier molecular flexibility index (Phi) is 1.56. The Balaban J connectivity index is 2.26. The van der Waals surface area contributed by atoms with E-state index in [1.807, 2.05) is 12.1 Å². The smallest absolute Gasteiger partial charge is 0.180 e. The number of nitrogens with zero attached hydrogens (tertiary/aromatic N) is 3. The Bertz CT molecular complexity index is 740. The predicted octanol–water partition coefficient (Wildman–Crippen LogP) is 3.04. The van der Waals surface area contributed by atoms with Crippen LogP contribution in [0.2, 0.25) is 0 Å². The molecule has 0 saturated heterocycles. The van der Waals surface area contributed by atoms with Crippen LogP contribution in [0.25, 0.3) is 21.8 Å². The summed E-state index contributed by atoms with van der Waals surface area (Å²) in [6, 6.07) is 16.7. The van der Waals surface area contributed by atoms with Crippen LogP contribution in [0.1, 0.15) is 0 Å². The largest absolute Gasteiger partial charge is 0.291 e. The summed E-state index contributed by atoms with van der Waals surface area (Å²) in [4.78, 5) is 0. The molecule has 1 aliphatic rings. The summed E-state index contributed by atoms with van der Waals surface area (Å²) >= 11 is 0. The molecular formula is C14H9N3. The van der Waals surface area contributed by atoms with Gasteiger partial charge in [-0.15, -0.1) is 5.10 Å². The van der Waals surface area contributed by atoms with Crippen molar-refractivity contribution in [2.45, 2.75) is 0 Å². The first-order chi connectivity index (χ1) is 8.45. The predicted molar refractivity (Wildman–Crippen MR) is 70.8 cm³/mol. The molecule has 0 bridgehead atoms. The quantitative estimate of drug-likeness (QED) is 0.556. The zero-order valence-electron chi connectivity index (χ0n) is 9.04. The second-order valence-electron chi connectivity index (χ2n) is 4.07. The van der Waals surface area contributed by atoms with Crippen LogP contribution in [-0.4, -0.2) is 16.6 Å². The van der Waals surface area contributed by atoms with Gasteiger partial charge < -0.3 is 0 Å². The monoisotopic (exact) mass is 219 g/mol. The van der Waals surface area contributed by atoms with Crippen molar-refractivity contribution in [1.82, 2.24) is 4.57 Å². The zero-order chi connectivity index (χ0) is 11.2. The Labute approximate surface area is 97.7 Å². The van der Waals surface area contributed by atoms with Crippen molar-refractivity contribution in [1.29, 1.82) is 0 Å². The number of para-hydroxylation sites is 2. The van der Waals surface area contributed by atoms with E-state index in [9.17, 15) is 0 Å². The summed E-state index contributed by atoms with van der Waals surface area (Å²) < 4.78 is 2.15. The van der Waals surface area contributed by atoms with Gasteiger partial charge in [0.05, 0.1) is 17.2 Å². The lowest BCUT2D eigenvalue weighted by molar-refractivity contribution is 1.14. The van der Waals surface area contributed by atoms with Gasteiger partial charge in [-0.2, -0.15) is 5.10 Å². The molecule has 3 heteroatoms. The van der Waals surface area contributed by atoms with E-state index in [4.69, 9.17) is 0 Å². The minimum absolute atomic E-state index is 0.905. The third-order valence-electron chi connectivity index (χ3n) is 3.14. The maximum Gasteiger partial charge on any atom is 0.180 e. The summed E-state index contributed by atoms with van der Waals surface area (Å²) in [5.74, 6) is 0.905. The lowest BCUT2D eigenvalue weighted by atomic mass is 10.2. The average Bonchev–Trinajstić information content (AvgIpc) is 2.64. The van der Waals surface area contributed by atoms with E-state index in [1.54, 1.807) is 6.21 Å². The van der Waals surface area contributed by atoms with Gasteiger partial charge in [0.15, 0.2) is 5.84 Å². The summed E-state index contributed by atoms with van der Waals surface area (Å²) in [6.45, 7) is 0. The minimum Gasteiger partial charge on any atom is -0.291 e. The lowest BCUT2D eigenvalue weighted by Crippen LogP contribution is -2.17. The molecule has 2 aromatic carbocycles. The van der Waals surface area contributed by atoms with Crippen LogP contribution in [0.3, 0.4) is 0 Å². The van der Waals surface area contributed by atoms with Crippen LogP contribution < -0.4 is 0 Å². The molecule has 0 atom stereocenters. The Morgan fingerprint density at radius 3 is 1.76 bits per heavy atom. The standard InChI is InChI=1S/C14H9N3/c1-3-7-12-10(5-1)11-6-2-4-8-13(11)17(12)14-9-15-16-14/h1-9H. The van der Waals surface area contributed by atoms with Gasteiger partial charge in [0.25, 0.3) is 0 Å². The molecule has 1 aromatic heterocycles. The number of fused-ring (bicyclic) bond motifs is 3. The van der Waals surface area contributed by atoms with Crippen molar-refractivity contribution in [2.75, 3.05) is 0 Å². The Hall–Kier alpha value is -2.42. The molecule has 0 aliphatic carbocycles. The van der Waals surface area contributed by atoms with E-state index in [1.165, 1.54) is 21.8 Å². The van der Waals surface area contributed by atoms with Gasteiger partial charge in [-0.1, -0.05) is 36.4 Å². The molecule has 0 unspecified atom stereocenters. The van der Waals surface area contributed by atoms with E-state index in [2.05, 4.69) is 51.2 Å². The highest BCUT2D eigenvalue weighted by molar-refractivity contribution is 6.37. The van der Waals surface area contributed by atoms with Crippen molar-refractivity contribution < 1.29 is 0 Å². The molecule has 0 fully saturated rings. The fraction of sp³-hybridized carbons (Fsp3) is 0. The number of benzene rings is 2. The number of hydrogen-bond donors (Lipinski definition) is 0. The van der Waals surface area contributed by atoms with Gasteiger partial charge in [0, 0.05) is 10.8 Å². The van der Waals surface area contributed by atoms with Crippen LogP contribution in [0, 0.1) is 0 Å². The fourth-order valence-electron chi connectivity index (χ4n) is 2.38. The summed E-state index contributed by atoms with van der Waals surface area (Å²) in [5.41, 5.74) is 2.36. The van der Waals surface area contributed by atoms with Crippen molar-refractivity contribution in [3.05, 3.63) is 48.5 Å². The van der Waals surface area contributed by atoms with E-state index in [0.29, 0.717) is 0 Å². The second kappa shape index (κ2) is 3.04. The second-order valence-corrected chi connectivity index (χ2v) is 4.07. The first kappa shape index (κ1) is 8.70. The number of hydrogen-bond acceptors (Lipinski definition) is 2. The maximum atomic E-state index is 4.06. The molecule has 0 radical (unpaired) electrons. The normalized spacial score (nSPS) is 14.0. The Morgan fingerprint density at radius 1 is 0.765 bits per heavy atom. The average molecular weight is 219 g/mol. The Morgan fingerprint density at radius 2 is 1.29 bits per heavy atom. The molecule has 3 nitrogen and oxygen atoms in total. The summed E-state index contributed by atoms with van der Waals surface area (Å²) in [5, 5.41) is 10.4. The van der Waals surface area contributed by atoms with Crippen LogP contribution in [-0.2, 0) is 0 Å². The van der Waals surface area contributed by atoms with Crippen molar-refractivity contribution in [2.24, 2.45) is 10.2 Å². The fourth-order valence-corrected chi connectivity index (χ4v) is 2.38. The van der Waals surface area contributed by atoms with Crippen molar-refractivity contribution in [3.63, 3.8) is 0 Å².